The minimum absolute atomic E-state index is 0.108. The number of carbonyl (C=O) groups is 3. The van der Waals surface area contributed by atoms with Crippen LogP contribution in [0, 0.1) is 11.7 Å². The van der Waals surface area contributed by atoms with Crippen molar-refractivity contribution in [3.8, 4) is 0 Å². The summed E-state index contributed by atoms with van der Waals surface area (Å²) in [4.78, 5) is 45.4. The molecule has 2 fully saturated rings. The monoisotopic (exact) mass is 606 g/mol. The van der Waals surface area contributed by atoms with Gasteiger partial charge in [0, 0.05) is 47.7 Å². The quantitative estimate of drug-likeness (QED) is 0.222. The van der Waals surface area contributed by atoms with Crippen molar-refractivity contribution >= 4 is 57.6 Å². The number of thiazole rings is 1. The molecule has 3 atom stereocenters. The number of carbonyl (C=O) groups excluding carboxylic acids is 3. The minimum Gasteiger partial charge on any atom is -0.350 e. The van der Waals surface area contributed by atoms with E-state index in [9.17, 15) is 14.4 Å². The third kappa shape index (κ3) is 5.47. The molecule has 10 heteroatoms. The molecule has 7 nitrogen and oxygen atoms in total. The molecule has 1 saturated heterocycles. The van der Waals surface area contributed by atoms with Crippen molar-refractivity contribution in [2.24, 2.45) is 13.0 Å². The molecule has 1 saturated carbocycles. The molecule has 2 amide bonds. The molecule has 0 spiro atoms. The smallest absolute Gasteiger partial charge is 0.257 e. The Balaban J connectivity index is 1.21. The number of halogens is 2. The number of hydrogen-bond acceptors (Lipinski definition) is 5. The van der Waals surface area contributed by atoms with Crippen LogP contribution in [0.3, 0.4) is 0 Å². The molecule has 42 heavy (non-hydrogen) atoms. The number of amides is 2. The van der Waals surface area contributed by atoms with E-state index in [0.29, 0.717) is 24.3 Å². The van der Waals surface area contributed by atoms with E-state index in [1.54, 1.807) is 23.7 Å². The first-order chi connectivity index (χ1) is 20.3. The van der Waals surface area contributed by atoms with Crippen LogP contribution in [0.25, 0.3) is 10.9 Å². The van der Waals surface area contributed by atoms with Crippen LogP contribution in [0.2, 0.25) is 5.02 Å². The molecule has 6 rings (SSSR count). The van der Waals surface area contributed by atoms with E-state index < -0.39 is 11.7 Å². The van der Waals surface area contributed by atoms with E-state index in [4.69, 9.17) is 11.6 Å². The highest BCUT2D eigenvalue weighted by atomic mass is 35.5. The van der Waals surface area contributed by atoms with Crippen molar-refractivity contribution < 1.29 is 18.8 Å². The van der Waals surface area contributed by atoms with Gasteiger partial charge in [-0.1, -0.05) is 42.6 Å². The number of benzene rings is 2. The topological polar surface area (TPSA) is 84.3 Å². The molecule has 2 aliphatic rings. The van der Waals surface area contributed by atoms with E-state index in [-0.39, 0.29) is 40.7 Å². The largest absolute Gasteiger partial charge is 0.350 e. The van der Waals surface area contributed by atoms with Crippen molar-refractivity contribution in [3.05, 3.63) is 80.6 Å². The highest BCUT2D eigenvalue weighted by Gasteiger charge is 2.46. The fraction of sp³-hybridized carbons (Fsp3) is 0.375. The lowest BCUT2D eigenvalue weighted by molar-refractivity contribution is -0.134. The Kier molecular flexibility index (Phi) is 8.14. The molecule has 3 heterocycles. The summed E-state index contributed by atoms with van der Waals surface area (Å²) in [7, 11) is 1.86. The van der Waals surface area contributed by atoms with Gasteiger partial charge in [-0.05, 0) is 55.4 Å². The zero-order valence-electron chi connectivity index (χ0n) is 23.3. The maximum atomic E-state index is 15.4. The van der Waals surface area contributed by atoms with Crippen LogP contribution in [0.5, 0.6) is 0 Å². The van der Waals surface area contributed by atoms with Crippen LogP contribution in [0.15, 0.2) is 48.8 Å². The second kappa shape index (κ2) is 12.0. The first-order valence-electron chi connectivity index (χ1n) is 14.4. The minimum atomic E-state index is -0.595. The Morgan fingerprint density at radius 3 is 2.86 bits per heavy atom. The number of hydrogen-bond donors (Lipinski definition) is 1. The first-order valence-corrected chi connectivity index (χ1v) is 15.6. The number of aryl methyl sites for hydroxylation is 2. The van der Waals surface area contributed by atoms with E-state index in [0.717, 1.165) is 59.2 Å². The van der Waals surface area contributed by atoms with E-state index in [2.05, 4.69) is 10.3 Å². The number of nitrogens with one attached hydrogen (secondary N) is 1. The summed E-state index contributed by atoms with van der Waals surface area (Å²) in [5, 5.41) is 4.57. The summed E-state index contributed by atoms with van der Waals surface area (Å²) >= 11 is 8.09. The highest BCUT2D eigenvalue weighted by Crippen LogP contribution is 2.47. The molecule has 1 aliphatic carbocycles. The summed E-state index contributed by atoms with van der Waals surface area (Å²) in [6.45, 7) is 0. The van der Waals surface area contributed by atoms with Gasteiger partial charge in [-0.3, -0.25) is 9.59 Å². The van der Waals surface area contributed by atoms with Crippen molar-refractivity contribution in [2.75, 3.05) is 5.32 Å². The fourth-order valence-corrected chi connectivity index (χ4v) is 7.90. The highest BCUT2D eigenvalue weighted by molar-refractivity contribution is 7.11. The van der Waals surface area contributed by atoms with Crippen LogP contribution < -0.4 is 5.32 Å². The molecule has 4 aromatic rings. The number of nitrogens with zero attached hydrogens (tertiary/aromatic N) is 3. The molecule has 1 N–H and O–H groups in total. The van der Waals surface area contributed by atoms with Crippen molar-refractivity contribution in [1.29, 1.82) is 0 Å². The van der Waals surface area contributed by atoms with Gasteiger partial charge < -0.3 is 19.6 Å². The summed E-state index contributed by atoms with van der Waals surface area (Å²) in [5.74, 6) is -0.741. The third-order valence-corrected chi connectivity index (χ3v) is 10.1. The Morgan fingerprint density at radius 1 is 1.21 bits per heavy atom. The van der Waals surface area contributed by atoms with Gasteiger partial charge in [0.2, 0.25) is 5.91 Å². The normalized spacial score (nSPS) is 20.1. The number of rotatable bonds is 8. The van der Waals surface area contributed by atoms with Gasteiger partial charge in [0.25, 0.3) is 5.91 Å². The van der Waals surface area contributed by atoms with Gasteiger partial charge in [-0.25, -0.2) is 9.37 Å². The van der Waals surface area contributed by atoms with Crippen molar-refractivity contribution in [2.45, 2.75) is 63.5 Å². The van der Waals surface area contributed by atoms with Gasteiger partial charge in [0.1, 0.15) is 17.1 Å². The predicted octanol–water partition coefficient (Wildman–Crippen LogP) is 6.89. The predicted molar refractivity (Wildman–Crippen MR) is 162 cm³/mol. The molecule has 1 aliphatic heterocycles. The lowest BCUT2D eigenvalue weighted by Gasteiger charge is -2.33. The van der Waals surface area contributed by atoms with E-state index in [1.807, 2.05) is 40.8 Å². The number of fused-ring (bicyclic) bond motifs is 2. The van der Waals surface area contributed by atoms with E-state index >= 15 is 4.39 Å². The Bertz CT molecular complexity index is 1670. The van der Waals surface area contributed by atoms with Crippen LogP contribution in [0.4, 0.5) is 10.1 Å². The van der Waals surface area contributed by atoms with Gasteiger partial charge >= 0.3 is 0 Å². The SMILES string of the molecule is Cn1cc(C(=O)Nc2cc(F)c(CC(=O)N3[C@H](c4ncc(CCC=O)s4)C[C@@H]4CCCC[C@@H]43)cc2Cl)c2ccccc21. The zero-order valence-corrected chi connectivity index (χ0v) is 24.9. The maximum Gasteiger partial charge on any atom is 0.257 e. The summed E-state index contributed by atoms with van der Waals surface area (Å²) < 4.78 is 17.3. The number of likely N-dealkylation sites (tertiary alicyclic amines) is 1. The van der Waals surface area contributed by atoms with Gasteiger partial charge in [0.15, 0.2) is 0 Å². The van der Waals surface area contributed by atoms with Crippen LogP contribution in [-0.2, 0) is 29.5 Å². The van der Waals surface area contributed by atoms with E-state index in [1.165, 1.54) is 12.1 Å². The average Bonchev–Trinajstić information content (AvgIpc) is 3.70. The van der Waals surface area contributed by atoms with Crippen LogP contribution >= 0.6 is 22.9 Å². The molecule has 2 aromatic heterocycles. The zero-order chi connectivity index (χ0) is 29.4. The standard InChI is InChI=1S/C32H32ClFN4O3S/c1-37-18-23(22-9-3-5-11-28(22)37)31(41)36-26-16-25(34)20(13-24(26)33)15-30(40)38-27-10-4-2-7-19(27)14-29(38)32-35-17-21(42-32)8-6-12-39/h3,5,9,11-13,16-19,27,29H,2,4,6-8,10,14-15H2,1H3,(H,36,41)/t19-,27-,29-/m0/s1. The van der Waals surface area contributed by atoms with Crippen LogP contribution in [0.1, 0.15) is 70.4 Å². The molecular weight excluding hydrogens is 575 g/mol. The summed E-state index contributed by atoms with van der Waals surface area (Å²) in [6.07, 6.45) is 10.4. The maximum absolute atomic E-state index is 15.4. The van der Waals surface area contributed by atoms with Crippen molar-refractivity contribution in [3.63, 3.8) is 0 Å². The lowest BCUT2D eigenvalue weighted by Crippen LogP contribution is -2.41. The third-order valence-electron chi connectivity index (χ3n) is 8.61. The number of para-hydroxylation sites is 1. The lowest BCUT2D eigenvalue weighted by atomic mass is 9.84. The van der Waals surface area contributed by atoms with Crippen molar-refractivity contribution in [1.82, 2.24) is 14.5 Å². The molecule has 2 aromatic carbocycles. The summed E-state index contributed by atoms with van der Waals surface area (Å²) in [5.41, 5.74) is 1.71. The Labute approximate surface area is 252 Å². The number of aldehydes is 1. The molecule has 218 valence electrons. The average molecular weight is 607 g/mol. The van der Waals surface area contributed by atoms with Gasteiger partial charge in [-0.2, -0.15) is 0 Å². The number of aromatic nitrogens is 2. The van der Waals surface area contributed by atoms with Gasteiger partial charge in [0.05, 0.1) is 28.7 Å². The Morgan fingerprint density at radius 2 is 2.02 bits per heavy atom. The second-order valence-corrected chi connectivity index (χ2v) is 12.8. The van der Waals surface area contributed by atoms with Crippen LogP contribution in [-0.4, -0.2) is 38.6 Å². The Hall–Kier alpha value is -3.56. The molecule has 0 bridgehead atoms. The molecule has 0 radical (unpaired) electrons. The fourth-order valence-electron chi connectivity index (χ4n) is 6.62. The molecular formula is C32H32ClFN4O3S. The van der Waals surface area contributed by atoms with Gasteiger partial charge in [-0.15, -0.1) is 11.3 Å². The summed E-state index contributed by atoms with van der Waals surface area (Å²) in [6, 6.07) is 10.1. The molecule has 0 unspecified atom stereocenters. The second-order valence-electron chi connectivity index (χ2n) is 11.3. The first kappa shape index (κ1) is 28.6. The number of anilines is 1.